The molecule has 3 heteroatoms. The van der Waals surface area contributed by atoms with Crippen LogP contribution < -0.4 is 9.64 Å². The van der Waals surface area contributed by atoms with Gasteiger partial charge in [-0.1, -0.05) is 194 Å². The highest BCUT2D eigenvalue weighted by Crippen LogP contribution is 2.53. The molecular weight excluding hydrogens is 855 g/mol. The highest BCUT2D eigenvalue weighted by Gasteiger charge is 2.27. The Bertz CT molecular complexity index is 4280. The maximum atomic E-state index is 7.21. The van der Waals surface area contributed by atoms with Crippen molar-refractivity contribution >= 4 is 102 Å². The molecule has 2 heterocycles. The molecule has 0 saturated heterocycles. The number of hydrogen-bond donors (Lipinski definition) is 0. The second-order valence-corrected chi connectivity index (χ2v) is 19.0. The van der Waals surface area contributed by atoms with Crippen LogP contribution >= 0.6 is 11.3 Å². The SMILES string of the molecule is c1ccc(-c2ccc(N(c3ccc4c(c3)c3ccccc3c3ccccc3c3ccccc3c3cc5c(cc43)sc3ccccc35)c3cccc4c3Oc3ccccc3-c3ccccc3-4)cc2)cc1. The van der Waals surface area contributed by atoms with E-state index in [1.165, 1.54) is 74.2 Å². The lowest BCUT2D eigenvalue weighted by Crippen LogP contribution is -2.11. The predicted molar refractivity (Wildman–Crippen MR) is 296 cm³/mol. The molecule has 0 spiro atoms. The molecule has 0 aliphatic carbocycles. The fourth-order valence-electron chi connectivity index (χ4n) is 10.9. The molecule has 1 aliphatic rings. The van der Waals surface area contributed by atoms with Crippen molar-refractivity contribution in [3.8, 4) is 44.9 Å². The van der Waals surface area contributed by atoms with Crippen molar-refractivity contribution < 1.29 is 4.74 Å². The molecule has 69 heavy (non-hydrogen) atoms. The molecule has 0 fully saturated rings. The van der Waals surface area contributed by atoms with Crippen LogP contribution in [0.2, 0.25) is 0 Å². The number of anilines is 3. The van der Waals surface area contributed by atoms with Crippen LogP contribution in [-0.2, 0) is 0 Å². The zero-order valence-corrected chi connectivity index (χ0v) is 38.3. The van der Waals surface area contributed by atoms with Gasteiger partial charge in [0.15, 0.2) is 5.75 Å². The first kappa shape index (κ1) is 39.4. The quantitative estimate of drug-likeness (QED) is 0.175. The number of rotatable bonds is 4. The van der Waals surface area contributed by atoms with Crippen molar-refractivity contribution in [2.45, 2.75) is 0 Å². The van der Waals surface area contributed by atoms with Crippen LogP contribution in [0.5, 0.6) is 11.5 Å². The molecule has 13 aromatic rings. The van der Waals surface area contributed by atoms with Gasteiger partial charge in [0, 0.05) is 42.7 Å². The Labute approximate surface area is 403 Å². The summed E-state index contributed by atoms with van der Waals surface area (Å²) in [6.07, 6.45) is 0. The smallest absolute Gasteiger partial charge is 0.159 e. The molecule has 0 radical (unpaired) electrons. The van der Waals surface area contributed by atoms with Crippen molar-refractivity contribution in [1.82, 2.24) is 0 Å². The largest absolute Gasteiger partial charge is 0.454 e. The summed E-state index contributed by atoms with van der Waals surface area (Å²) < 4.78 is 9.78. The second kappa shape index (κ2) is 16.0. The standard InChI is InChI=1S/C66H41NOS/c1-2-17-42(18-3-1)43-33-35-44(36-34-43)67(62-30-16-29-57-51-24-9-8-23-50(51)55-27-12-14-31-63(55)68-66(57)62)45-37-38-54-58(39-45)52-25-10-6-21-48(52)46-19-4-5-20-47(46)49-22-7-11-26-53(49)59-40-61-56-28-13-15-32-64(56)69-65(61)41-60(54)59/h1-41H. The van der Waals surface area contributed by atoms with E-state index in [2.05, 4.69) is 254 Å². The van der Waals surface area contributed by atoms with E-state index in [9.17, 15) is 0 Å². The highest BCUT2D eigenvalue weighted by atomic mass is 32.1. The van der Waals surface area contributed by atoms with E-state index < -0.39 is 0 Å². The van der Waals surface area contributed by atoms with E-state index >= 15 is 0 Å². The maximum Gasteiger partial charge on any atom is 0.159 e. The van der Waals surface area contributed by atoms with E-state index in [0.717, 1.165) is 61.8 Å². The minimum absolute atomic E-state index is 0.811. The molecule has 0 atom stereocenters. The van der Waals surface area contributed by atoms with E-state index in [4.69, 9.17) is 4.74 Å². The Morgan fingerprint density at radius 3 is 1.43 bits per heavy atom. The number of thiophene rings is 1. The second-order valence-electron chi connectivity index (χ2n) is 17.9. The van der Waals surface area contributed by atoms with Gasteiger partial charge >= 0.3 is 0 Å². The summed E-state index contributed by atoms with van der Waals surface area (Å²) in [4.78, 5) is 2.39. The van der Waals surface area contributed by atoms with Gasteiger partial charge in [0.25, 0.3) is 0 Å². The Hall–Kier alpha value is -8.76. The minimum atomic E-state index is 0.811. The minimum Gasteiger partial charge on any atom is -0.454 e. The molecular formula is C66H41NOS. The third kappa shape index (κ3) is 6.39. The van der Waals surface area contributed by atoms with Crippen molar-refractivity contribution in [1.29, 1.82) is 0 Å². The molecule has 2 nitrogen and oxygen atoms in total. The van der Waals surface area contributed by atoms with Crippen LogP contribution in [0.25, 0.3) is 107 Å². The van der Waals surface area contributed by atoms with Gasteiger partial charge in [-0.25, -0.2) is 0 Å². The number of ether oxygens (including phenoxy) is 1. The number of nitrogens with zero attached hydrogens (tertiary/aromatic N) is 1. The van der Waals surface area contributed by atoms with Gasteiger partial charge in [-0.05, 0) is 131 Å². The first-order chi connectivity index (χ1) is 34.2. The van der Waals surface area contributed by atoms with Crippen LogP contribution in [0, 0.1) is 0 Å². The van der Waals surface area contributed by atoms with Gasteiger partial charge in [0.1, 0.15) is 5.75 Å². The van der Waals surface area contributed by atoms with Crippen LogP contribution in [0.15, 0.2) is 249 Å². The average molecular weight is 896 g/mol. The molecule has 12 aromatic carbocycles. The molecule has 0 amide bonds. The maximum absolute atomic E-state index is 7.21. The summed E-state index contributed by atoms with van der Waals surface area (Å²) in [6, 6.07) is 91.0. The monoisotopic (exact) mass is 895 g/mol. The number of benzene rings is 11. The van der Waals surface area contributed by atoms with Crippen LogP contribution in [0.1, 0.15) is 0 Å². The van der Waals surface area contributed by atoms with Gasteiger partial charge in [-0.15, -0.1) is 11.3 Å². The summed E-state index contributed by atoms with van der Waals surface area (Å²) in [5.74, 6) is 1.64. The molecule has 14 rings (SSSR count). The summed E-state index contributed by atoms with van der Waals surface area (Å²) >= 11 is 1.87. The van der Waals surface area contributed by atoms with Crippen LogP contribution in [0.4, 0.5) is 17.1 Å². The normalized spacial score (nSPS) is 11.9. The van der Waals surface area contributed by atoms with Crippen molar-refractivity contribution in [2.24, 2.45) is 0 Å². The Morgan fingerprint density at radius 2 is 0.754 bits per heavy atom. The Kier molecular flexibility index (Phi) is 9.11. The van der Waals surface area contributed by atoms with Gasteiger partial charge in [-0.3, -0.25) is 0 Å². The lowest BCUT2D eigenvalue weighted by Gasteiger charge is -2.29. The molecule has 1 aliphatic heterocycles. The van der Waals surface area contributed by atoms with E-state index in [1.807, 2.05) is 11.3 Å². The van der Waals surface area contributed by atoms with E-state index in [0.29, 0.717) is 0 Å². The molecule has 0 unspecified atom stereocenters. The summed E-state index contributed by atoms with van der Waals surface area (Å²) in [6.45, 7) is 0. The Morgan fingerprint density at radius 1 is 0.275 bits per heavy atom. The summed E-state index contributed by atoms with van der Waals surface area (Å²) in [5.41, 5.74) is 9.75. The van der Waals surface area contributed by atoms with E-state index in [1.54, 1.807) is 0 Å². The summed E-state index contributed by atoms with van der Waals surface area (Å²) in [5, 5.41) is 14.6. The topological polar surface area (TPSA) is 12.5 Å². The predicted octanol–water partition coefficient (Wildman–Crippen LogP) is 19.5. The van der Waals surface area contributed by atoms with Crippen molar-refractivity contribution in [2.75, 3.05) is 4.90 Å². The first-order valence-corrected chi connectivity index (χ1v) is 24.4. The molecule has 322 valence electrons. The van der Waals surface area contributed by atoms with Crippen molar-refractivity contribution in [3.05, 3.63) is 249 Å². The number of hydrogen-bond acceptors (Lipinski definition) is 3. The molecule has 1 aromatic heterocycles. The van der Waals surface area contributed by atoms with Crippen molar-refractivity contribution in [3.63, 3.8) is 0 Å². The molecule has 0 N–H and O–H groups in total. The van der Waals surface area contributed by atoms with Gasteiger partial charge < -0.3 is 9.64 Å². The van der Waals surface area contributed by atoms with Crippen LogP contribution in [-0.4, -0.2) is 0 Å². The van der Waals surface area contributed by atoms with Crippen LogP contribution in [0.3, 0.4) is 0 Å². The highest BCUT2D eigenvalue weighted by molar-refractivity contribution is 7.25. The number of para-hydroxylation sites is 2. The van der Waals surface area contributed by atoms with Gasteiger partial charge in [0.05, 0.1) is 5.69 Å². The molecule has 0 saturated carbocycles. The first-order valence-electron chi connectivity index (χ1n) is 23.6. The lowest BCUT2D eigenvalue weighted by molar-refractivity contribution is 0.489. The number of fused-ring (bicyclic) bond motifs is 18. The molecule has 0 bridgehead atoms. The van der Waals surface area contributed by atoms with E-state index in [-0.39, 0.29) is 0 Å². The van der Waals surface area contributed by atoms with Gasteiger partial charge in [-0.2, -0.15) is 0 Å². The zero-order valence-electron chi connectivity index (χ0n) is 37.4. The lowest BCUT2D eigenvalue weighted by atomic mass is 9.93. The average Bonchev–Trinajstić information content (AvgIpc) is 3.71. The van der Waals surface area contributed by atoms with Gasteiger partial charge in [0.2, 0.25) is 0 Å². The Balaban J connectivity index is 1.13. The zero-order chi connectivity index (χ0) is 45.4. The third-order valence-electron chi connectivity index (χ3n) is 14.1. The fourth-order valence-corrected chi connectivity index (χ4v) is 12.1. The third-order valence-corrected chi connectivity index (χ3v) is 15.2. The summed E-state index contributed by atoms with van der Waals surface area (Å²) in [7, 11) is 0. The fraction of sp³-hybridized carbons (Fsp3) is 0.